The van der Waals surface area contributed by atoms with E-state index in [-0.39, 0.29) is 18.2 Å². The first kappa shape index (κ1) is 16.2. The van der Waals surface area contributed by atoms with Crippen LogP contribution in [-0.2, 0) is 6.54 Å². The number of hydrogen-bond donors (Lipinski definition) is 0. The van der Waals surface area contributed by atoms with E-state index in [1.165, 1.54) is 23.6 Å². The Morgan fingerprint density at radius 3 is 2.88 bits per heavy atom. The standard InChI is InChI=1S/C18H14N4O3S/c1-24-13-5-6-14-16(10-13)26-18(21-14)22(11-12-4-2-3-8-19-12)17(23)15-7-9-20-25-15/h2-10H,11H2,1H3. The van der Waals surface area contributed by atoms with Crippen LogP contribution in [0.1, 0.15) is 16.2 Å². The van der Waals surface area contributed by atoms with Gasteiger partial charge in [-0.25, -0.2) is 4.98 Å². The maximum Gasteiger partial charge on any atom is 0.299 e. The number of rotatable bonds is 5. The van der Waals surface area contributed by atoms with Crippen molar-refractivity contribution in [2.24, 2.45) is 0 Å². The molecule has 0 spiro atoms. The second kappa shape index (κ2) is 6.93. The molecule has 0 unspecified atom stereocenters. The van der Waals surface area contributed by atoms with Gasteiger partial charge in [-0.1, -0.05) is 22.6 Å². The minimum absolute atomic E-state index is 0.151. The van der Waals surface area contributed by atoms with E-state index in [2.05, 4.69) is 15.1 Å². The number of pyridine rings is 1. The quantitative estimate of drug-likeness (QED) is 0.537. The topological polar surface area (TPSA) is 81.4 Å². The van der Waals surface area contributed by atoms with Crippen molar-refractivity contribution in [3.63, 3.8) is 0 Å². The molecular weight excluding hydrogens is 352 g/mol. The molecule has 1 amide bonds. The molecule has 0 saturated carbocycles. The molecule has 0 aliphatic rings. The molecule has 0 aliphatic heterocycles. The number of anilines is 1. The van der Waals surface area contributed by atoms with Crippen LogP contribution in [0.15, 0.2) is 59.4 Å². The third-order valence-corrected chi connectivity index (χ3v) is 4.80. The molecule has 8 heteroatoms. The van der Waals surface area contributed by atoms with Crippen LogP contribution in [0.25, 0.3) is 10.2 Å². The molecule has 4 aromatic rings. The van der Waals surface area contributed by atoms with Gasteiger partial charge in [-0.2, -0.15) is 0 Å². The number of carbonyl (C=O) groups excluding carboxylic acids is 1. The number of nitrogens with zero attached hydrogens (tertiary/aromatic N) is 4. The summed E-state index contributed by atoms with van der Waals surface area (Å²) in [5.74, 6) is 0.572. The lowest BCUT2D eigenvalue weighted by Crippen LogP contribution is -2.30. The Kier molecular flexibility index (Phi) is 4.32. The highest BCUT2D eigenvalue weighted by Gasteiger charge is 2.24. The summed E-state index contributed by atoms with van der Waals surface area (Å²) in [4.78, 5) is 23.4. The largest absolute Gasteiger partial charge is 0.497 e. The predicted molar refractivity (Wildman–Crippen MR) is 97.4 cm³/mol. The van der Waals surface area contributed by atoms with E-state index in [4.69, 9.17) is 9.26 Å². The van der Waals surface area contributed by atoms with Crippen molar-refractivity contribution in [1.82, 2.24) is 15.1 Å². The van der Waals surface area contributed by atoms with E-state index in [9.17, 15) is 4.79 Å². The first-order valence-corrected chi connectivity index (χ1v) is 8.63. The normalized spacial score (nSPS) is 10.8. The molecule has 26 heavy (non-hydrogen) atoms. The monoisotopic (exact) mass is 366 g/mol. The van der Waals surface area contributed by atoms with E-state index in [1.807, 2.05) is 36.4 Å². The second-order valence-electron chi connectivity index (χ2n) is 5.42. The molecule has 0 aliphatic carbocycles. The molecule has 7 nitrogen and oxygen atoms in total. The fourth-order valence-electron chi connectivity index (χ4n) is 2.47. The van der Waals surface area contributed by atoms with Gasteiger partial charge in [0, 0.05) is 12.3 Å². The zero-order chi connectivity index (χ0) is 17.9. The fraction of sp³-hybridized carbons (Fsp3) is 0.111. The van der Waals surface area contributed by atoms with E-state index >= 15 is 0 Å². The van der Waals surface area contributed by atoms with Crippen LogP contribution >= 0.6 is 11.3 Å². The Balaban J connectivity index is 1.75. The van der Waals surface area contributed by atoms with Gasteiger partial charge in [0.15, 0.2) is 5.13 Å². The van der Waals surface area contributed by atoms with Crippen molar-refractivity contribution in [2.45, 2.75) is 6.54 Å². The van der Waals surface area contributed by atoms with Gasteiger partial charge in [-0.05, 0) is 30.3 Å². The van der Waals surface area contributed by atoms with Gasteiger partial charge in [0.25, 0.3) is 5.91 Å². The highest BCUT2D eigenvalue weighted by molar-refractivity contribution is 7.22. The van der Waals surface area contributed by atoms with Crippen LogP contribution < -0.4 is 9.64 Å². The molecule has 1 aromatic carbocycles. The third kappa shape index (κ3) is 3.14. The first-order chi connectivity index (χ1) is 12.7. The van der Waals surface area contributed by atoms with Crippen LogP contribution in [0, 0.1) is 0 Å². The highest BCUT2D eigenvalue weighted by Crippen LogP contribution is 2.32. The lowest BCUT2D eigenvalue weighted by molar-refractivity contribution is 0.0949. The number of ether oxygens (including phenoxy) is 1. The van der Waals surface area contributed by atoms with Gasteiger partial charge >= 0.3 is 0 Å². The minimum atomic E-state index is -0.320. The molecule has 3 heterocycles. The predicted octanol–water partition coefficient (Wildman–Crippen LogP) is 3.53. The Morgan fingerprint density at radius 1 is 1.23 bits per heavy atom. The molecule has 0 fully saturated rings. The number of methoxy groups -OCH3 is 1. The zero-order valence-electron chi connectivity index (χ0n) is 13.8. The maximum atomic E-state index is 12.9. The number of carbonyl (C=O) groups is 1. The van der Waals surface area contributed by atoms with Crippen LogP contribution in [-0.4, -0.2) is 28.1 Å². The van der Waals surface area contributed by atoms with Crippen LogP contribution in [0.4, 0.5) is 5.13 Å². The van der Waals surface area contributed by atoms with Crippen molar-refractivity contribution in [1.29, 1.82) is 0 Å². The van der Waals surface area contributed by atoms with Crippen molar-refractivity contribution in [3.05, 3.63) is 66.3 Å². The number of benzene rings is 1. The summed E-state index contributed by atoms with van der Waals surface area (Å²) in [6.45, 7) is 0.275. The van der Waals surface area contributed by atoms with Gasteiger partial charge in [-0.3, -0.25) is 14.7 Å². The highest BCUT2D eigenvalue weighted by atomic mass is 32.1. The third-order valence-electron chi connectivity index (χ3n) is 3.76. The van der Waals surface area contributed by atoms with E-state index in [0.29, 0.717) is 5.13 Å². The molecule has 0 bridgehead atoms. The van der Waals surface area contributed by atoms with Crippen LogP contribution in [0.3, 0.4) is 0 Å². The first-order valence-electron chi connectivity index (χ1n) is 7.81. The summed E-state index contributed by atoms with van der Waals surface area (Å²) in [5, 5.41) is 4.18. The number of fused-ring (bicyclic) bond motifs is 1. The lowest BCUT2D eigenvalue weighted by Gasteiger charge is -2.17. The van der Waals surface area contributed by atoms with E-state index in [0.717, 1.165) is 21.7 Å². The number of amides is 1. The molecule has 130 valence electrons. The van der Waals surface area contributed by atoms with Crippen LogP contribution in [0.5, 0.6) is 5.75 Å². The van der Waals surface area contributed by atoms with Crippen molar-refractivity contribution in [3.8, 4) is 5.75 Å². The fourth-order valence-corrected chi connectivity index (χ4v) is 3.47. The Morgan fingerprint density at radius 2 is 2.15 bits per heavy atom. The van der Waals surface area contributed by atoms with E-state index in [1.54, 1.807) is 18.2 Å². The zero-order valence-corrected chi connectivity index (χ0v) is 14.6. The smallest absolute Gasteiger partial charge is 0.299 e. The summed E-state index contributed by atoms with van der Waals surface area (Å²) < 4.78 is 11.2. The Hall–Kier alpha value is -3.26. The maximum absolute atomic E-state index is 12.9. The van der Waals surface area contributed by atoms with Gasteiger partial charge < -0.3 is 9.26 Å². The summed E-state index contributed by atoms with van der Waals surface area (Å²) in [5.41, 5.74) is 1.54. The number of thiazole rings is 1. The molecular formula is C18H14N4O3S. The average molecular weight is 366 g/mol. The molecule has 0 radical (unpaired) electrons. The van der Waals surface area contributed by atoms with Gasteiger partial charge in [0.2, 0.25) is 5.76 Å². The van der Waals surface area contributed by atoms with Crippen molar-refractivity contribution >= 4 is 32.6 Å². The summed E-state index contributed by atoms with van der Waals surface area (Å²) in [6, 6.07) is 12.7. The molecule has 4 rings (SSSR count). The lowest BCUT2D eigenvalue weighted by atomic mass is 10.3. The van der Waals surface area contributed by atoms with Crippen molar-refractivity contribution in [2.75, 3.05) is 12.0 Å². The molecule has 0 atom stereocenters. The second-order valence-corrected chi connectivity index (χ2v) is 6.43. The molecule has 0 N–H and O–H groups in total. The Labute approximate surface area is 152 Å². The van der Waals surface area contributed by atoms with E-state index < -0.39 is 0 Å². The van der Waals surface area contributed by atoms with Gasteiger partial charge in [0.05, 0.1) is 35.8 Å². The average Bonchev–Trinajstić information content (AvgIpc) is 3.35. The van der Waals surface area contributed by atoms with Gasteiger partial charge in [0.1, 0.15) is 5.75 Å². The molecule has 3 aromatic heterocycles. The summed E-state index contributed by atoms with van der Waals surface area (Å²) in [7, 11) is 1.62. The van der Waals surface area contributed by atoms with Crippen molar-refractivity contribution < 1.29 is 14.1 Å². The minimum Gasteiger partial charge on any atom is -0.497 e. The van der Waals surface area contributed by atoms with Gasteiger partial charge in [-0.15, -0.1) is 0 Å². The number of hydrogen-bond acceptors (Lipinski definition) is 7. The Bertz CT molecular complexity index is 1030. The van der Waals surface area contributed by atoms with Crippen LogP contribution in [0.2, 0.25) is 0 Å². The molecule has 0 saturated heterocycles. The number of aromatic nitrogens is 3. The summed E-state index contributed by atoms with van der Waals surface area (Å²) in [6.07, 6.45) is 3.13. The SMILES string of the molecule is COc1ccc2nc(N(Cc3ccccn3)C(=O)c3ccno3)sc2c1. The summed E-state index contributed by atoms with van der Waals surface area (Å²) >= 11 is 1.40.